The van der Waals surface area contributed by atoms with E-state index in [4.69, 9.17) is 5.84 Å². The average Bonchev–Trinajstić information content (AvgIpc) is 2.35. The van der Waals surface area contributed by atoms with Gasteiger partial charge in [-0.25, -0.2) is 15.4 Å². The number of nitrogens with one attached hydrogen (secondary N) is 4. The lowest BCUT2D eigenvalue weighted by Crippen LogP contribution is -2.44. The van der Waals surface area contributed by atoms with Gasteiger partial charge in [-0.15, -0.1) is 0 Å². The van der Waals surface area contributed by atoms with Crippen LogP contribution in [0.1, 0.15) is 33.6 Å². The minimum Gasteiger partial charge on any atom is -0.341 e. The van der Waals surface area contributed by atoms with E-state index < -0.39 is 0 Å². The highest BCUT2D eigenvalue weighted by atomic mass is 16.2. The van der Waals surface area contributed by atoms with E-state index in [1.54, 1.807) is 7.05 Å². The van der Waals surface area contributed by atoms with Gasteiger partial charge in [0.25, 0.3) is 0 Å². The minimum absolute atomic E-state index is 0.0149. The molecule has 6 N–H and O–H groups in total. The van der Waals surface area contributed by atoms with E-state index >= 15 is 0 Å². The van der Waals surface area contributed by atoms with Crippen LogP contribution in [0.4, 0.5) is 9.59 Å². The van der Waals surface area contributed by atoms with Crippen LogP contribution in [-0.2, 0) is 0 Å². The third-order valence-corrected chi connectivity index (χ3v) is 2.91. The molecule has 7 nitrogen and oxygen atoms in total. The van der Waals surface area contributed by atoms with Crippen molar-refractivity contribution in [1.82, 2.24) is 21.4 Å². The zero-order chi connectivity index (χ0) is 14.9. The van der Waals surface area contributed by atoms with E-state index in [1.807, 2.05) is 5.43 Å². The Labute approximate surface area is 115 Å². The van der Waals surface area contributed by atoms with Gasteiger partial charge in [0, 0.05) is 20.1 Å². The van der Waals surface area contributed by atoms with E-state index in [1.165, 1.54) is 0 Å². The quantitative estimate of drug-likeness (QED) is 0.265. The molecule has 0 fully saturated rings. The van der Waals surface area contributed by atoms with Crippen molar-refractivity contribution >= 4 is 12.1 Å². The number of urea groups is 2. The van der Waals surface area contributed by atoms with Crippen molar-refractivity contribution in [2.45, 2.75) is 33.6 Å². The van der Waals surface area contributed by atoms with Crippen LogP contribution in [-0.4, -0.2) is 32.2 Å². The lowest BCUT2D eigenvalue weighted by molar-refractivity contribution is 0.222. The maximum absolute atomic E-state index is 11.0. The highest BCUT2D eigenvalue weighted by molar-refractivity contribution is 5.73. The SMILES string of the molecule is CNC(=O)NCCC(C)CC(C)(C)CNC(=O)NN. The average molecular weight is 273 g/mol. The van der Waals surface area contributed by atoms with Gasteiger partial charge in [-0.05, 0) is 24.2 Å². The van der Waals surface area contributed by atoms with Gasteiger partial charge in [0.05, 0.1) is 0 Å². The molecule has 4 amide bonds. The molecule has 0 bridgehead atoms. The fraction of sp³-hybridized carbons (Fsp3) is 0.833. The van der Waals surface area contributed by atoms with Crippen molar-refractivity contribution in [2.75, 3.05) is 20.1 Å². The Morgan fingerprint density at radius 2 is 1.84 bits per heavy atom. The predicted molar refractivity (Wildman–Crippen MR) is 75.4 cm³/mol. The lowest BCUT2D eigenvalue weighted by atomic mass is 9.82. The first-order valence-electron chi connectivity index (χ1n) is 6.50. The van der Waals surface area contributed by atoms with E-state index in [2.05, 4.69) is 36.7 Å². The summed E-state index contributed by atoms with van der Waals surface area (Å²) in [4.78, 5) is 22.0. The molecule has 0 aliphatic rings. The number of hydrogen-bond donors (Lipinski definition) is 5. The van der Waals surface area contributed by atoms with Crippen LogP contribution in [0, 0.1) is 11.3 Å². The van der Waals surface area contributed by atoms with Gasteiger partial charge < -0.3 is 16.0 Å². The molecular formula is C12H27N5O2. The van der Waals surface area contributed by atoms with Gasteiger partial charge in [-0.2, -0.15) is 0 Å². The van der Waals surface area contributed by atoms with Crippen LogP contribution in [0.25, 0.3) is 0 Å². The first-order valence-corrected chi connectivity index (χ1v) is 6.50. The van der Waals surface area contributed by atoms with Crippen LogP contribution in [0.5, 0.6) is 0 Å². The number of nitrogens with two attached hydrogens (primary N) is 1. The number of hydrazine groups is 1. The molecule has 1 atom stereocenters. The molecule has 1 unspecified atom stereocenters. The summed E-state index contributed by atoms with van der Waals surface area (Å²) in [5.74, 6) is 5.46. The van der Waals surface area contributed by atoms with Crippen molar-refractivity contribution in [2.24, 2.45) is 17.2 Å². The summed E-state index contributed by atoms with van der Waals surface area (Å²) in [7, 11) is 1.59. The van der Waals surface area contributed by atoms with Gasteiger partial charge in [0.2, 0.25) is 0 Å². The molecule has 0 spiro atoms. The van der Waals surface area contributed by atoms with Crippen LogP contribution in [0.2, 0.25) is 0 Å². The zero-order valence-electron chi connectivity index (χ0n) is 12.3. The van der Waals surface area contributed by atoms with E-state index in [0.29, 0.717) is 19.0 Å². The number of hydrogen-bond acceptors (Lipinski definition) is 3. The van der Waals surface area contributed by atoms with Gasteiger partial charge in [-0.3, -0.25) is 5.43 Å². The molecule has 0 aliphatic carbocycles. The molecule has 112 valence electrons. The summed E-state index contributed by atoms with van der Waals surface area (Å²) in [6.07, 6.45) is 1.85. The smallest absolute Gasteiger partial charge is 0.328 e. The predicted octanol–water partition coefficient (Wildman–Crippen LogP) is 0.531. The maximum atomic E-state index is 11.0. The fourth-order valence-electron chi connectivity index (χ4n) is 2.01. The Hall–Kier alpha value is -1.50. The Kier molecular flexibility index (Phi) is 7.90. The fourth-order valence-corrected chi connectivity index (χ4v) is 2.01. The third kappa shape index (κ3) is 9.12. The van der Waals surface area contributed by atoms with Crippen LogP contribution in [0.15, 0.2) is 0 Å². The second-order valence-corrected chi connectivity index (χ2v) is 5.60. The maximum Gasteiger partial charge on any atom is 0.328 e. The van der Waals surface area contributed by atoms with E-state index in [9.17, 15) is 9.59 Å². The molecule has 0 heterocycles. The summed E-state index contributed by atoms with van der Waals surface area (Å²) in [6, 6.07) is -0.533. The standard InChI is InChI=1S/C12H27N5O2/c1-9(5-6-15-10(18)14-4)7-12(2,3)8-16-11(19)17-13/h9H,5-8,13H2,1-4H3,(H2,14,15,18)(H2,16,17,19). The molecule has 0 aromatic rings. The summed E-state index contributed by atoms with van der Waals surface area (Å²) in [5.41, 5.74) is 2.02. The molecule has 0 radical (unpaired) electrons. The van der Waals surface area contributed by atoms with Crippen molar-refractivity contribution in [3.63, 3.8) is 0 Å². The Morgan fingerprint density at radius 3 is 2.37 bits per heavy atom. The molecule has 7 heteroatoms. The lowest BCUT2D eigenvalue weighted by Gasteiger charge is -2.28. The van der Waals surface area contributed by atoms with Gasteiger partial charge >= 0.3 is 12.1 Å². The summed E-state index contributed by atoms with van der Waals surface area (Å²) in [5, 5.41) is 7.98. The highest BCUT2D eigenvalue weighted by Gasteiger charge is 2.21. The first kappa shape index (κ1) is 17.5. The van der Waals surface area contributed by atoms with Crippen LogP contribution < -0.4 is 27.2 Å². The van der Waals surface area contributed by atoms with Gasteiger partial charge in [-0.1, -0.05) is 20.8 Å². The molecule has 0 saturated carbocycles. The summed E-state index contributed by atoms with van der Waals surface area (Å²) < 4.78 is 0. The van der Waals surface area contributed by atoms with Crippen molar-refractivity contribution in [3.8, 4) is 0 Å². The number of rotatable bonds is 7. The Morgan fingerprint density at radius 1 is 1.21 bits per heavy atom. The van der Waals surface area contributed by atoms with Crippen molar-refractivity contribution in [3.05, 3.63) is 0 Å². The van der Waals surface area contributed by atoms with Crippen molar-refractivity contribution < 1.29 is 9.59 Å². The first-order chi connectivity index (χ1) is 8.80. The summed E-state index contributed by atoms with van der Waals surface area (Å²) in [6.45, 7) is 7.52. The number of amides is 4. The molecule has 0 saturated heterocycles. The molecular weight excluding hydrogens is 246 g/mol. The van der Waals surface area contributed by atoms with E-state index in [-0.39, 0.29) is 17.5 Å². The molecule has 0 rings (SSSR count). The van der Waals surface area contributed by atoms with Crippen molar-refractivity contribution in [1.29, 1.82) is 0 Å². The normalized spacial score (nSPS) is 12.5. The second kappa shape index (κ2) is 8.58. The second-order valence-electron chi connectivity index (χ2n) is 5.60. The monoisotopic (exact) mass is 273 g/mol. The minimum atomic E-state index is -0.373. The molecule has 0 aromatic carbocycles. The zero-order valence-corrected chi connectivity index (χ0v) is 12.3. The van der Waals surface area contributed by atoms with Crippen LogP contribution >= 0.6 is 0 Å². The Bertz CT molecular complexity index is 294. The molecule has 0 aliphatic heterocycles. The highest BCUT2D eigenvalue weighted by Crippen LogP contribution is 2.25. The van der Waals surface area contributed by atoms with Crippen LogP contribution in [0.3, 0.4) is 0 Å². The molecule has 19 heavy (non-hydrogen) atoms. The molecule has 0 aromatic heterocycles. The van der Waals surface area contributed by atoms with Gasteiger partial charge in [0.1, 0.15) is 0 Å². The summed E-state index contributed by atoms with van der Waals surface area (Å²) >= 11 is 0. The Balaban J connectivity index is 3.91. The van der Waals surface area contributed by atoms with E-state index in [0.717, 1.165) is 12.8 Å². The third-order valence-electron chi connectivity index (χ3n) is 2.91. The number of carbonyl (C=O) groups is 2. The largest absolute Gasteiger partial charge is 0.341 e. The topological polar surface area (TPSA) is 108 Å². The number of carbonyl (C=O) groups excluding carboxylic acids is 2. The van der Waals surface area contributed by atoms with Gasteiger partial charge in [0.15, 0.2) is 0 Å².